The van der Waals surface area contributed by atoms with E-state index in [9.17, 15) is 4.79 Å². The van der Waals surface area contributed by atoms with E-state index in [4.69, 9.17) is 15.0 Å². The lowest BCUT2D eigenvalue weighted by Gasteiger charge is -2.08. The van der Waals surface area contributed by atoms with Gasteiger partial charge in [0.2, 0.25) is 0 Å². The highest BCUT2D eigenvalue weighted by Gasteiger charge is 2.12. The van der Waals surface area contributed by atoms with Crippen LogP contribution in [-0.2, 0) is 0 Å². The van der Waals surface area contributed by atoms with Crippen LogP contribution in [-0.4, -0.2) is 26.5 Å². The zero-order valence-corrected chi connectivity index (χ0v) is 9.71. The summed E-state index contributed by atoms with van der Waals surface area (Å²) in [5.74, 6) is 0.945. The second-order valence-electron chi connectivity index (χ2n) is 3.19. The van der Waals surface area contributed by atoms with Crippen molar-refractivity contribution in [2.45, 2.75) is 6.42 Å². The van der Waals surface area contributed by atoms with Crippen LogP contribution in [0.15, 0.2) is 23.3 Å². The molecule has 0 radical (unpaired) electrons. The van der Waals surface area contributed by atoms with Crippen molar-refractivity contribution in [3.63, 3.8) is 0 Å². The van der Waals surface area contributed by atoms with Gasteiger partial charge in [-0.2, -0.15) is 0 Å². The molecule has 1 rings (SSSR count). The molecule has 0 amide bonds. The SMILES string of the molecule is COc1ccc(C(=O)CCN=[N+]=[N-])c(OC)c1. The lowest BCUT2D eigenvalue weighted by Crippen LogP contribution is -2.03. The standard InChI is InChI=1S/C11H13N3O3/c1-16-8-3-4-9(11(7-8)17-2)10(15)5-6-13-14-12/h3-4,7H,5-6H2,1-2H3. The number of nitrogens with zero attached hydrogens (tertiary/aromatic N) is 3. The molecule has 6 heteroatoms. The molecule has 1 aromatic carbocycles. The van der Waals surface area contributed by atoms with Crippen LogP contribution in [0.4, 0.5) is 0 Å². The van der Waals surface area contributed by atoms with E-state index in [1.54, 1.807) is 18.2 Å². The van der Waals surface area contributed by atoms with Crippen molar-refractivity contribution in [3.05, 3.63) is 34.2 Å². The van der Waals surface area contributed by atoms with E-state index in [0.717, 1.165) is 0 Å². The monoisotopic (exact) mass is 235 g/mol. The summed E-state index contributed by atoms with van der Waals surface area (Å²) in [5.41, 5.74) is 8.58. The fraction of sp³-hybridized carbons (Fsp3) is 0.364. The Balaban J connectivity index is 2.88. The number of methoxy groups -OCH3 is 2. The molecule has 0 N–H and O–H groups in total. The second-order valence-corrected chi connectivity index (χ2v) is 3.19. The van der Waals surface area contributed by atoms with Crippen molar-refractivity contribution >= 4 is 5.78 Å². The second kappa shape index (κ2) is 6.40. The van der Waals surface area contributed by atoms with Gasteiger partial charge in [0.15, 0.2) is 5.78 Å². The molecular weight excluding hydrogens is 222 g/mol. The summed E-state index contributed by atoms with van der Waals surface area (Å²) < 4.78 is 10.1. The third kappa shape index (κ3) is 3.39. The highest BCUT2D eigenvalue weighted by molar-refractivity contribution is 5.99. The molecule has 0 aliphatic carbocycles. The lowest BCUT2D eigenvalue weighted by molar-refractivity contribution is 0.0982. The van der Waals surface area contributed by atoms with E-state index in [1.807, 2.05) is 0 Å². The van der Waals surface area contributed by atoms with Crippen LogP contribution in [0.2, 0.25) is 0 Å². The van der Waals surface area contributed by atoms with Gasteiger partial charge in [0.25, 0.3) is 0 Å². The van der Waals surface area contributed by atoms with Gasteiger partial charge in [-0.25, -0.2) is 0 Å². The maximum atomic E-state index is 11.8. The number of ketones is 1. The minimum atomic E-state index is -0.128. The Morgan fingerprint density at radius 2 is 2.18 bits per heavy atom. The highest BCUT2D eigenvalue weighted by atomic mass is 16.5. The Kier molecular flexibility index (Phi) is 4.84. The third-order valence-electron chi connectivity index (χ3n) is 2.21. The fourth-order valence-electron chi connectivity index (χ4n) is 1.36. The Hall–Kier alpha value is -2.20. The summed E-state index contributed by atoms with van der Waals surface area (Å²) in [4.78, 5) is 14.4. The van der Waals surface area contributed by atoms with Gasteiger partial charge >= 0.3 is 0 Å². The molecule has 0 bridgehead atoms. The molecule has 0 heterocycles. The summed E-state index contributed by atoms with van der Waals surface area (Å²) in [5, 5.41) is 3.32. The molecule has 0 unspecified atom stereocenters. The Morgan fingerprint density at radius 1 is 1.41 bits per heavy atom. The summed E-state index contributed by atoms with van der Waals surface area (Å²) in [7, 11) is 3.02. The smallest absolute Gasteiger partial charge is 0.166 e. The van der Waals surface area contributed by atoms with E-state index < -0.39 is 0 Å². The number of rotatable bonds is 6. The Morgan fingerprint density at radius 3 is 2.76 bits per heavy atom. The summed E-state index contributed by atoms with van der Waals surface area (Å²) >= 11 is 0. The van der Waals surface area contributed by atoms with Gasteiger partial charge in [0.1, 0.15) is 11.5 Å². The first kappa shape index (κ1) is 12.9. The van der Waals surface area contributed by atoms with Crippen LogP contribution < -0.4 is 9.47 Å². The molecule has 0 aromatic heterocycles. The van der Waals surface area contributed by atoms with Gasteiger partial charge in [0.05, 0.1) is 19.8 Å². The van der Waals surface area contributed by atoms with Crippen LogP contribution in [0.1, 0.15) is 16.8 Å². The van der Waals surface area contributed by atoms with E-state index in [1.165, 1.54) is 14.2 Å². The summed E-state index contributed by atoms with van der Waals surface area (Å²) in [6.45, 7) is 0.143. The van der Waals surface area contributed by atoms with Crippen molar-refractivity contribution in [2.75, 3.05) is 20.8 Å². The van der Waals surface area contributed by atoms with Crippen molar-refractivity contribution < 1.29 is 14.3 Å². The molecule has 0 atom stereocenters. The molecule has 0 saturated heterocycles. The first-order valence-electron chi connectivity index (χ1n) is 4.99. The molecule has 17 heavy (non-hydrogen) atoms. The number of ether oxygens (including phenoxy) is 2. The Bertz CT molecular complexity index is 453. The molecule has 0 spiro atoms. The van der Waals surface area contributed by atoms with Crippen LogP contribution in [0, 0.1) is 0 Å². The van der Waals surface area contributed by atoms with Gasteiger partial charge in [-0.05, 0) is 17.7 Å². The predicted molar refractivity (Wildman–Crippen MR) is 62.5 cm³/mol. The number of carbonyl (C=O) groups excluding carboxylic acids is 1. The number of Topliss-reactive ketones (excluding diaryl/α,β-unsaturated/α-hetero) is 1. The maximum absolute atomic E-state index is 11.8. The van der Waals surface area contributed by atoms with Crippen LogP contribution in [0.25, 0.3) is 10.4 Å². The van der Waals surface area contributed by atoms with E-state index in [2.05, 4.69) is 10.0 Å². The highest BCUT2D eigenvalue weighted by Crippen LogP contribution is 2.25. The van der Waals surface area contributed by atoms with Gasteiger partial charge in [-0.1, -0.05) is 5.11 Å². The molecule has 0 fully saturated rings. The number of hydrogen-bond donors (Lipinski definition) is 0. The van der Waals surface area contributed by atoms with Crippen molar-refractivity contribution in [1.82, 2.24) is 0 Å². The normalized spacial score (nSPS) is 9.29. The molecular formula is C11H13N3O3. The van der Waals surface area contributed by atoms with Gasteiger partial charge in [-0.15, -0.1) is 0 Å². The number of azide groups is 1. The minimum absolute atomic E-state index is 0.128. The van der Waals surface area contributed by atoms with Gasteiger partial charge in [0, 0.05) is 23.9 Å². The fourth-order valence-corrected chi connectivity index (χ4v) is 1.36. The maximum Gasteiger partial charge on any atom is 0.166 e. The predicted octanol–water partition coefficient (Wildman–Crippen LogP) is 2.59. The van der Waals surface area contributed by atoms with E-state index >= 15 is 0 Å². The summed E-state index contributed by atoms with van der Waals surface area (Å²) in [6.07, 6.45) is 0.159. The van der Waals surface area contributed by atoms with Crippen molar-refractivity contribution in [2.24, 2.45) is 5.11 Å². The zero-order valence-electron chi connectivity index (χ0n) is 9.71. The molecule has 0 aliphatic heterocycles. The quantitative estimate of drug-likeness (QED) is 0.328. The lowest BCUT2D eigenvalue weighted by atomic mass is 10.1. The third-order valence-corrected chi connectivity index (χ3v) is 2.21. The largest absolute Gasteiger partial charge is 0.497 e. The first-order valence-corrected chi connectivity index (χ1v) is 4.99. The first-order chi connectivity index (χ1) is 8.22. The van der Waals surface area contributed by atoms with E-state index in [0.29, 0.717) is 17.1 Å². The zero-order chi connectivity index (χ0) is 12.7. The van der Waals surface area contributed by atoms with Gasteiger partial charge < -0.3 is 9.47 Å². The minimum Gasteiger partial charge on any atom is -0.497 e. The molecule has 0 saturated carbocycles. The van der Waals surface area contributed by atoms with Crippen molar-refractivity contribution in [1.29, 1.82) is 0 Å². The summed E-state index contributed by atoms with van der Waals surface area (Å²) in [6, 6.07) is 4.96. The average Bonchev–Trinajstić information content (AvgIpc) is 2.38. The van der Waals surface area contributed by atoms with Gasteiger partial charge in [-0.3, -0.25) is 4.79 Å². The van der Waals surface area contributed by atoms with E-state index in [-0.39, 0.29) is 18.7 Å². The molecule has 6 nitrogen and oxygen atoms in total. The molecule has 0 aliphatic rings. The van der Waals surface area contributed by atoms with Crippen LogP contribution in [0.3, 0.4) is 0 Å². The Labute approximate surface area is 98.8 Å². The molecule has 1 aromatic rings. The van der Waals surface area contributed by atoms with Crippen LogP contribution >= 0.6 is 0 Å². The number of benzene rings is 1. The van der Waals surface area contributed by atoms with Crippen LogP contribution in [0.5, 0.6) is 11.5 Å². The number of carbonyl (C=O) groups is 1. The molecule has 90 valence electrons. The van der Waals surface area contributed by atoms with Crippen molar-refractivity contribution in [3.8, 4) is 11.5 Å². The number of hydrogen-bond acceptors (Lipinski definition) is 4. The topological polar surface area (TPSA) is 84.3 Å². The average molecular weight is 235 g/mol.